The lowest BCUT2D eigenvalue weighted by atomic mass is 10.1. The number of hydrogen-bond donors (Lipinski definition) is 0. The number of rotatable bonds is 7. The topological polar surface area (TPSA) is 18.8 Å². The van der Waals surface area contributed by atoms with Gasteiger partial charge in [0.2, 0.25) is 0 Å². The fourth-order valence-electron chi connectivity index (χ4n) is 3.36. The molecule has 3 heteroatoms. The van der Waals surface area contributed by atoms with Gasteiger partial charge in [0.15, 0.2) is 0 Å². The molecule has 0 spiro atoms. The average Bonchev–Trinajstić information content (AvgIpc) is 3.07. The second-order valence-electron chi connectivity index (χ2n) is 5.61. The molecule has 2 rings (SSSR count). The molecule has 0 radical (unpaired) electrons. The van der Waals surface area contributed by atoms with Gasteiger partial charge in [-0.3, -0.25) is 9.89 Å². The normalized spacial score (nSPS) is 25.9. The molecular formula is C16H27N3. The van der Waals surface area contributed by atoms with Gasteiger partial charge in [0.1, 0.15) is 0 Å². The lowest BCUT2D eigenvalue weighted by Crippen LogP contribution is -2.33. The predicted molar refractivity (Wildman–Crippen MR) is 82.7 cm³/mol. The fraction of sp³-hybridized carbons (Fsp3) is 0.688. The van der Waals surface area contributed by atoms with Gasteiger partial charge in [-0.25, -0.2) is 0 Å². The van der Waals surface area contributed by atoms with Crippen LogP contribution >= 0.6 is 0 Å². The van der Waals surface area contributed by atoms with Crippen LogP contribution in [-0.4, -0.2) is 55.3 Å². The van der Waals surface area contributed by atoms with Gasteiger partial charge in [-0.15, -0.1) is 0 Å². The van der Waals surface area contributed by atoms with E-state index in [0.717, 1.165) is 0 Å². The fourth-order valence-corrected chi connectivity index (χ4v) is 3.36. The largest absolute Gasteiger partial charge is 0.303 e. The van der Waals surface area contributed by atoms with E-state index in [4.69, 9.17) is 0 Å². The summed E-state index contributed by atoms with van der Waals surface area (Å²) in [4.78, 5) is 9.10. The Morgan fingerprint density at radius 1 is 1.16 bits per heavy atom. The molecule has 19 heavy (non-hydrogen) atoms. The molecule has 0 aromatic carbocycles. The highest BCUT2D eigenvalue weighted by molar-refractivity contribution is 5.31. The molecule has 106 valence electrons. The van der Waals surface area contributed by atoms with Crippen LogP contribution in [0.4, 0.5) is 0 Å². The van der Waals surface area contributed by atoms with Gasteiger partial charge in [-0.1, -0.05) is 12.7 Å². The zero-order valence-electron chi connectivity index (χ0n) is 12.1. The van der Waals surface area contributed by atoms with Gasteiger partial charge >= 0.3 is 0 Å². The van der Waals surface area contributed by atoms with Crippen LogP contribution in [0.3, 0.4) is 0 Å². The van der Waals surface area contributed by atoms with Crippen LogP contribution in [0.2, 0.25) is 0 Å². The third kappa shape index (κ3) is 4.02. The van der Waals surface area contributed by atoms with E-state index in [1.165, 1.54) is 70.4 Å². The summed E-state index contributed by atoms with van der Waals surface area (Å²) in [6.45, 7) is 13.8. The molecule has 2 heterocycles. The molecule has 0 bridgehead atoms. The van der Waals surface area contributed by atoms with Crippen LogP contribution in [0.1, 0.15) is 32.1 Å². The van der Waals surface area contributed by atoms with Crippen molar-refractivity contribution in [2.24, 2.45) is 4.99 Å². The Morgan fingerprint density at radius 3 is 2.63 bits per heavy atom. The minimum absolute atomic E-state index is 0.515. The van der Waals surface area contributed by atoms with Crippen molar-refractivity contribution in [3.63, 3.8) is 0 Å². The summed E-state index contributed by atoms with van der Waals surface area (Å²) in [5.41, 5.74) is 1.23. The van der Waals surface area contributed by atoms with Gasteiger partial charge in [0.05, 0.1) is 0 Å². The number of hydrogen-bond acceptors (Lipinski definition) is 3. The van der Waals surface area contributed by atoms with Gasteiger partial charge in [0.25, 0.3) is 0 Å². The van der Waals surface area contributed by atoms with Crippen molar-refractivity contribution in [3.05, 3.63) is 24.4 Å². The summed E-state index contributed by atoms with van der Waals surface area (Å²) in [5.74, 6) is 0. The third-order valence-electron chi connectivity index (χ3n) is 4.34. The zero-order valence-corrected chi connectivity index (χ0v) is 12.1. The van der Waals surface area contributed by atoms with E-state index in [2.05, 4.69) is 28.1 Å². The van der Waals surface area contributed by atoms with Crippen LogP contribution in [0, 0.1) is 0 Å². The summed E-state index contributed by atoms with van der Waals surface area (Å²) in [6, 6.07) is 0.515. The second-order valence-corrected chi connectivity index (χ2v) is 5.61. The highest BCUT2D eigenvalue weighted by Crippen LogP contribution is 2.24. The van der Waals surface area contributed by atoms with Crippen molar-refractivity contribution >= 4 is 6.72 Å². The van der Waals surface area contributed by atoms with E-state index < -0.39 is 0 Å². The lowest BCUT2D eigenvalue weighted by molar-refractivity contribution is 0.250. The molecule has 3 nitrogen and oxygen atoms in total. The monoisotopic (exact) mass is 261 g/mol. The molecule has 2 aliphatic rings. The zero-order chi connectivity index (χ0) is 13.5. The van der Waals surface area contributed by atoms with Crippen molar-refractivity contribution < 1.29 is 0 Å². The standard InChI is InChI=1S/C16H27N3/c1-3-15(14-17-2)16-8-6-12-19(16)13-7-11-18-9-4-5-10-18/h3,14,16H,1-2,4-13H2/b15-14+. The Bertz CT molecular complexity index is 329. The molecule has 0 aliphatic carbocycles. The van der Waals surface area contributed by atoms with Gasteiger partial charge in [0, 0.05) is 12.2 Å². The number of nitrogens with zero attached hydrogens (tertiary/aromatic N) is 3. The molecule has 2 aliphatic heterocycles. The SMILES string of the molecule is C=C/C(=C\N=C)C1CCCN1CCCN1CCCC1. The highest BCUT2D eigenvalue weighted by Gasteiger charge is 2.26. The van der Waals surface area contributed by atoms with E-state index in [1.54, 1.807) is 0 Å². The molecule has 0 N–H and O–H groups in total. The Balaban J connectivity index is 1.79. The predicted octanol–water partition coefficient (Wildman–Crippen LogP) is 2.71. The van der Waals surface area contributed by atoms with Crippen LogP contribution in [-0.2, 0) is 0 Å². The van der Waals surface area contributed by atoms with E-state index in [-0.39, 0.29) is 0 Å². The molecule has 0 aromatic rings. The van der Waals surface area contributed by atoms with Crippen molar-refractivity contribution in [2.45, 2.75) is 38.1 Å². The number of likely N-dealkylation sites (tertiary alicyclic amines) is 2. The van der Waals surface area contributed by atoms with Crippen molar-refractivity contribution in [1.29, 1.82) is 0 Å². The minimum atomic E-state index is 0.515. The van der Waals surface area contributed by atoms with Gasteiger partial charge in [-0.05, 0) is 77.1 Å². The van der Waals surface area contributed by atoms with Crippen LogP contribution in [0.15, 0.2) is 29.4 Å². The summed E-state index contributed by atoms with van der Waals surface area (Å²) in [5, 5.41) is 0. The van der Waals surface area contributed by atoms with Crippen molar-refractivity contribution in [3.8, 4) is 0 Å². The average molecular weight is 261 g/mol. The molecule has 2 fully saturated rings. The maximum atomic E-state index is 3.91. The lowest BCUT2D eigenvalue weighted by Gasteiger charge is -2.26. The second kappa shape index (κ2) is 7.61. The van der Waals surface area contributed by atoms with Crippen molar-refractivity contribution in [2.75, 3.05) is 32.7 Å². The third-order valence-corrected chi connectivity index (χ3v) is 4.34. The highest BCUT2D eigenvalue weighted by atomic mass is 15.2. The molecular weight excluding hydrogens is 234 g/mol. The summed E-state index contributed by atoms with van der Waals surface area (Å²) in [6.07, 6.45) is 10.4. The number of aliphatic imine (C=N–C) groups is 1. The van der Waals surface area contributed by atoms with Crippen LogP contribution in [0.5, 0.6) is 0 Å². The van der Waals surface area contributed by atoms with Gasteiger partial charge in [-0.2, -0.15) is 0 Å². The first-order valence-electron chi connectivity index (χ1n) is 7.60. The summed E-state index contributed by atoms with van der Waals surface area (Å²) >= 11 is 0. The first-order valence-corrected chi connectivity index (χ1v) is 7.60. The Kier molecular flexibility index (Phi) is 5.80. The maximum absolute atomic E-state index is 3.91. The van der Waals surface area contributed by atoms with E-state index in [1.807, 2.05) is 12.3 Å². The Morgan fingerprint density at radius 2 is 1.95 bits per heavy atom. The molecule has 0 aromatic heterocycles. The smallest absolute Gasteiger partial charge is 0.0363 e. The maximum Gasteiger partial charge on any atom is 0.0363 e. The molecule has 1 unspecified atom stereocenters. The Labute approximate surface area is 117 Å². The summed E-state index contributed by atoms with van der Waals surface area (Å²) < 4.78 is 0. The van der Waals surface area contributed by atoms with E-state index in [0.29, 0.717) is 6.04 Å². The molecule has 1 atom stereocenters. The molecule has 2 saturated heterocycles. The molecule has 0 saturated carbocycles. The van der Waals surface area contributed by atoms with E-state index >= 15 is 0 Å². The van der Waals surface area contributed by atoms with Crippen LogP contribution < -0.4 is 0 Å². The first kappa shape index (κ1) is 14.5. The van der Waals surface area contributed by atoms with Crippen LogP contribution in [0.25, 0.3) is 0 Å². The van der Waals surface area contributed by atoms with E-state index in [9.17, 15) is 0 Å². The Hall–Kier alpha value is -0.930. The summed E-state index contributed by atoms with van der Waals surface area (Å²) in [7, 11) is 0. The molecule has 0 amide bonds. The van der Waals surface area contributed by atoms with Crippen molar-refractivity contribution in [1.82, 2.24) is 9.80 Å². The van der Waals surface area contributed by atoms with Gasteiger partial charge < -0.3 is 4.90 Å². The quantitative estimate of drug-likeness (QED) is 0.518. The minimum Gasteiger partial charge on any atom is -0.303 e. The first-order chi connectivity index (χ1) is 9.35.